The molecule has 0 spiro atoms. The number of nitrogens with zero attached hydrogens (tertiary/aromatic N) is 4. The van der Waals surface area contributed by atoms with Crippen LogP contribution in [0.25, 0.3) is 21.8 Å². The number of likely N-dealkylation sites (tertiary alicyclic amines) is 1. The van der Waals surface area contributed by atoms with Crippen molar-refractivity contribution in [2.45, 2.75) is 115 Å². The molecule has 2 aromatic heterocycles. The molecule has 1 saturated heterocycles. The quantitative estimate of drug-likeness (QED) is 0.0495. The van der Waals surface area contributed by atoms with Crippen LogP contribution < -0.4 is 26.6 Å². The van der Waals surface area contributed by atoms with Crippen LogP contribution in [0.15, 0.2) is 82.8 Å². The van der Waals surface area contributed by atoms with Crippen LogP contribution in [0.3, 0.4) is 0 Å². The molecule has 2 fully saturated rings. The fraction of sp³-hybridized carbons (Fsp3) is 0.436. The topological polar surface area (TPSA) is 265 Å². The van der Waals surface area contributed by atoms with Crippen LogP contribution in [0.2, 0.25) is 0 Å². The minimum absolute atomic E-state index is 0.0168. The Morgan fingerprint density at radius 1 is 0.947 bits per heavy atom. The number of aromatic nitrogens is 2. The number of rotatable bonds is 20. The second-order valence-corrected chi connectivity index (χ2v) is 21.7. The number of aliphatic hydroxyl groups excluding tert-OH is 1. The molecule has 1 aliphatic heterocycles. The van der Waals surface area contributed by atoms with E-state index in [9.17, 15) is 48.2 Å². The molecule has 76 heavy (non-hydrogen) atoms. The third-order valence-corrected chi connectivity index (χ3v) is 15.1. The normalized spacial score (nSPS) is 18.2. The number of carbonyl (C=O) groups is 7. The number of thiazole rings is 1. The van der Waals surface area contributed by atoms with E-state index in [-0.39, 0.29) is 99.4 Å². The molecule has 0 radical (unpaired) electrons. The number of aromatic hydroxyl groups is 1. The zero-order valence-electron chi connectivity index (χ0n) is 43.1. The van der Waals surface area contributed by atoms with Crippen molar-refractivity contribution in [1.29, 1.82) is 0 Å². The summed E-state index contributed by atoms with van der Waals surface area (Å²) in [5.41, 5.74) is 3.93. The Morgan fingerprint density at radius 3 is 2.37 bits per heavy atom. The molecule has 402 valence electrons. The number of hydrogen-bond donors (Lipinski definition) is 7. The number of β-amino-alcohol motifs (C(OH)–C–C–N with tert-alkyl or cyclic N) is 1. The van der Waals surface area contributed by atoms with Crippen LogP contribution in [-0.4, -0.2) is 129 Å². The highest BCUT2D eigenvalue weighted by Crippen LogP contribution is 2.41. The summed E-state index contributed by atoms with van der Waals surface area (Å²) in [6.07, 6.45) is 0.708. The molecule has 0 bridgehead atoms. The molecule has 21 heteroatoms. The van der Waals surface area contributed by atoms with Gasteiger partial charge in [-0.25, -0.2) is 9.37 Å². The summed E-state index contributed by atoms with van der Waals surface area (Å²) >= 11 is 1.47. The van der Waals surface area contributed by atoms with Gasteiger partial charge in [-0.3, -0.25) is 33.6 Å². The number of likely N-dealkylation sites (N-methyl/N-ethyl adjacent to an activating group) is 1. The van der Waals surface area contributed by atoms with Gasteiger partial charge in [-0.05, 0) is 78.8 Å². The van der Waals surface area contributed by atoms with E-state index in [1.807, 2.05) is 43.3 Å². The third-order valence-electron chi connectivity index (χ3n) is 14.1. The smallest absolute Gasteiger partial charge is 0.273 e. The summed E-state index contributed by atoms with van der Waals surface area (Å²) in [5.74, 6) is -3.88. The average Bonchev–Trinajstić information content (AvgIpc) is 3.87. The van der Waals surface area contributed by atoms with Crippen molar-refractivity contribution in [3.63, 3.8) is 0 Å². The summed E-state index contributed by atoms with van der Waals surface area (Å²) in [6.45, 7) is 7.20. The highest BCUT2D eigenvalue weighted by Gasteiger charge is 2.53. The van der Waals surface area contributed by atoms with Gasteiger partial charge >= 0.3 is 0 Å². The minimum atomic E-state index is -2.04. The van der Waals surface area contributed by atoms with Crippen LogP contribution in [0.1, 0.15) is 121 Å². The van der Waals surface area contributed by atoms with Gasteiger partial charge in [-0.2, -0.15) is 0 Å². The largest absolute Gasteiger partial charge is 0.507 e. The average molecular weight is 1060 g/mol. The number of phenolic OH excluding ortho intramolecular Hbond substituents is 1. The molecule has 3 heterocycles. The molecule has 3 aliphatic rings. The lowest BCUT2D eigenvalue weighted by molar-refractivity contribution is -0.145. The van der Waals surface area contributed by atoms with Crippen molar-refractivity contribution in [2.75, 3.05) is 33.2 Å². The molecule has 8 rings (SSSR count). The molecule has 7 N–H and O–H groups in total. The lowest BCUT2D eigenvalue weighted by Gasteiger charge is -2.36. The van der Waals surface area contributed by atoms with Crippen molar-refractivity contribution in [1.82, 2.24) is 46.5 Å². The van der Waals surface area contributed by atoms with Crippen LogP contribution in [0, 0.1) is 12.3 Å². The number of halogens is 1. The number of aliphatic hydroxyl groups is 1. The first-order valence-electron chi connectivity index (χ1n) is 25.5. The van der Waals surface area contributed by atoms with E-state index >= 15 is 0 Å². The highest BCUT2D eigenvalue weighted by molar-refractivity contribution is 7.13. The van der Waals surface area contributed by atoms with Gasteiger partial charge in [0.2, 0.25) is 23.6 Å². The molecular weight excluding hydrogens is 998 g/mol. The number of hydrogen-bond acceptors (Lipinski definition) is 13. The Bertz CT molecular complexity index is 2990. The van der Waals surface area contributed by atoms with E-state index in [1.54, 1.807) is 44.5 Å². The first-order chi connectivity index (χ1) is 36.2. The first-order valence-corrected chi connectivity index (χ1v) is 26.3. The van der Waals surface area contributed by atoms with Crippen molar-refractivity contribution in [3.8, 4) is 27.5 Å². The zero-order valence-corrected chi connectivity index (χ0v) is 43.9. The van der Waals surface area contributed by atoms with E-state index < -0.39 is 70.8 Å². The maximum Gasteiger partial charge on any atom is 0.273 e. The number of fused-ring (bicyclic) bond motifs is 1. The van der Waals surface area contributed by atoms with Gasteiger partial charge < -0.3 is 51.1 Å². The van der Waals surface area contributed by atoms with E-state index in [0.717, 1.165) is 34.5 Å². The summed E-state index contributed by atoms with van der Waals surface area (Å²) in [5, 5.41) is 39.6. The number of amides is 7. The standard InChI is InChI=1S/C55H64FN9O10S/c1-31-47(76-30-59-31)34-14-12-33(13-15-34)40(61-50(71)42-26-36(66)29-65(42)52(73)48(54(2,3)4)62-53(74)55(56)20-21-55)28-46(69)57-22-8-11-45(68)58-23-24-64(5)51(72)38-18-16-35(25-43(38)67)44-27-41(63-75-44)49(70)60-39-19-17-32-9-6-7-10-37(32)39/h6-7,9-10,12-16,18,25,27,30,36,39-40,42,48,66-67H,8,11,17,19-24,26,28-29H2,1-5H3,(H,57,69)(H,58,68)(H,60,70)(H,61,71)(H,62,74)/t36-,39-,40+,42+,48-/m1/s1. The molecule has 7 amide bonds. The summed E-state index contributed by atoms with van der Waals surface area (Å²) in [6, 6.07) is 17.7. The van der Waals surface area contributed by atoms with Crippen molar-refractivity contribution >= 4 is 52.7 Å². The number of carbonyl (C=O) groups excluding carboxylic acids is 7. The second-order valence-electron chi connectivity index (χ2n) is 20.9. The fourth-order valence-electron chi connectivity index (χ4n) is 9.50. The van der Waals surface area contributed by atoms with Gasteiger partial charge in [0.15, 0.2) is 17.1 Å². The number of aryl methyl sites for hydroxylation is 2. The zero-order chi connectivity index (χ0) is 54.5. The molecule has 5 aromatic rings. The van der Waals surface area contributed by atoms with E-state index in [2.05, 4.69) is 36.7 Å². The maximum atomic E-state index is 14.7. The molecule has 0 unspecified atom stereocenters. The fourth-order valence-corrected chi connectivity index (χ4v) is 10.3. The van der Waals surface area contributed by atoms with Crippen LogP contribution in [0.5, 0.6) is 5.75 Å². The Labute approximate surface area is 443 Å². The van der Waals surface area contributed by atoms with Gasteiger partial charge in [0, 0.05) is 57.7 Å². The van der Waals surface area contributed by atoms with E-state index in [4.69, 9.17) is 4.52 Å². The molecule has 1 saturated carbocycles. The minimum Gasteiger partial charge on any atom is -0.507 e. The lowest BCUT2D eigenvalue weighted by atomic mass is 9.85. The summed E-state index contributed by atoms with van der Waals surface area (Å²) < 4.78 is 20.2. The van der Waals surface area contributed by atoms with Crippen LogP contribution in [0.4, 0.5) is 4.39 Å². The van der Waals surface area contributed by atoms with Crippen molar-refractivity contribution < 1.29 is 52.7 Å². The Hall–Kier alpha value is -7.52. The molecule has 3 aromatic carbocycles. The Balaban J connectivity index is 0.807. The first kappa shape index (κ1) is 54.7. The second kappa shape index (κ2) is 23.2. The predicted octanol–water partition coefficient (Wildman–Crippen LogP) is 5.22. The van der Waals surface area contributed by atoms with Gasteiger partial charge in [-0.15, -0.1) is 11.3 Å². The van der Waals surface area contributed by atoms with Crippen LogP contribution >= 0.6 is 11.3 Å². The van der Waals surface area contributed by atoms with Gasteiger partial charge in [0.1, 0.15) is 17.8 Å². The van der Waals surface area contributed by atoms with E-state index in [0.29, 0.717) is 11.1 Å². The van der Waals surface area contributed by atoms with Gasteiger partial charge in [0.25, 0.3) is 17.7 Å². The number of nitrogens with one attached hydrogen (secondary N) is 5. The summed E-state index contributed by atoms with van der Waals surface area (Å²) in [7, 11) is 1.53. The van der Waals surface area contributed by atoms with Crippen LogP contribution in [-0.2, 0) is 30.4 Å². The SMILES string of the molecule is Cc1ncsc1-c1ccc([C@H](CC(=O)NCCCC(=O)NCCN(C)C(=O)c2ccc(-c3cc(C(=O)N[C@@H]4CCc5ccccc54)no3)cc2O)NC(=O)[C@@H]2C[C@@H](O)CN2C(=O)[C@@H](NC(=O)C2(F)CC2)C(C)(C)C)cc1. The molecule has 5 atom stereocenters. The summed E-state index contributed by atoms with van der Waals surface area (Å²) in [4.78, 5) is 102. The number of alkyl halides is 1. The molecule has 19 nitrogen and oxygen atoms in total. The molecule has 2 aliphatic carbocycles. The maximum absolute atomic E-state index is 14.7. The molecular formula is C55H64FN9O10S. The Kier molecular flexibility index (Phi) is 16.7. The monoisotopic (exact) mass is 1060 g/mol. The number of benzene rings is 3. The van der Waals surface area contributed by atoms with Crippen molar-refractivity contribution in [3.05, 3.63) is 112 Å². The third kappa shape index (κ3) is 12.9. The number of phenols is 1. The Morgan fingerprint density at radius 2 is 1.67 bits per heavy atom. The van der Waals surface area contributed by atoms with Gasteiger partial charge in [-0.1, -0.05) is 80.5 Å². The van der Waals surface area contributed by atoms with Gasteiger partial charge in [0.05, 0.1) is 46.3 Å². The van der Waals surface area contributed by atoms with E-state index in [1.165, 1.54) is 51.9 Å². The highest BCUT2D eigenvalue weighted by atomic mass is 32.1. The van der Waals surface area contributed by atoms with Crippen molar-refractivity contribution in [2.24, 2.45) is 5.41 Å². The lowest BCUT2D eigenvalue weighted by Crippen LogP contribution is -2.59. The predicted molar refractivity (Wildman–Crippen MR) is 279 cm³/mol.